The summed E-state index contributed by atoms with van der Waals surface area (Å²) in [7, 11) is 0. The lowest BCUT2D eigenvalue weighted by Crippen LogP contribution is -2.28. The molecule has 3 heterocycles. The molecule has 0 unspecified atom stereocenters. The smallest absolute Gasteiger partial charge is 0.128 e. The van der Waals surface area contributed by atoms with Crippen molar-refractivity contribution in [3.8, 4) is 0 Å². The molecule has 22 heavy (non-hydrogen) atoms. The van der Waals surface area contributed by atoms with Crippen LogP contribution in [-0.2, 0) is 0 Å². The van der Waals surface area contributed by atoms with Crippen molar-refractivity contribution in [3.63, 3.8) is 0 Å². The highest BCUT2D eigenvalue weighted by molar-refractivity contribution is 5.40. The number of likely N-dealkylation sites (tertiary alicyclic amines) is 1. The molecule has 3 nitrogen and oxygen atoms in total. The van der Waals surface area contributed by atoms with E-state index in [4.69, 9.17) is 4.98 Å². The van der Waals surface area contributed by atoms with Gasteiger partial charge in [-0.1, -0.05) is 32.8 Å². The topological polar surface area (TPSA) is 19.4 Å². The van der Waals surface area contributed by atoms with Gasteiger partial charge in [-0.2, -0.15) is 0 Å². The van der Waals surface area contributed by atoms with Gasteiger partial charge >= 0.3 is 0 Å². The maximum atomic E-state index is 4.80. The van der Waals surface area contributed by atoms with E-state index < -0.39 is 0 Å². The average Bonchev–Trinajstić information content (AvgIpc) is 2.80. The van der Waals surface area contributed by atoms with E-state index in [1.54, 1.807) is 0 Å². The van der Waals surface area contributed by atoms with E-state index in [9.17, 15) is 0 Å². The number of pyridine rings is 1. The maximum absolute atomic E-state index is 4.80. The lowest BCUT2D eigenvalue weighted by atomic mass is 10.1. The molecule has 0 N–H and O–H groups in total. The van der Waals surface area contributed by atoms with Gasteiger partial charge in [0, 0.05) is 31.9 Å². The fraction of sp³-hybridized carbons (Fsp3) is 0.737. The molecule has 2 fully saturated rings. The molecule has 0 saturated carbocycles. The summed E-state index contributed by atoms with van der Waals surface area (Å²) in [6, 6.07) is 5.18. The number of aromatic nitrogens is 1. The van der Waals surface area contributed by atoms with Crippen LogP contribution in [0.25, 0.3) is 0 Å². The standard InChI is InChI=1S/C19H31N3/c1-16(2)15-22-13-7-8-18(22)17-9-10-19(20-14-17)21-11-5-3-4-6-12-21/h9-10,14,16,18H,3-8,11-13,15H2,1-2H3/t18-/m1/s1. The van der Waals surface area contributed by atoms with Gasteiger partial charge in [0.1, 0.15) is 5.82 Å². The van der Waals surface area contributed by atoms with Gasteiger partial charge in [-0.15, -0.1) is 0 Å². The summed E-state index contributed by atoms with van der Waals surface area (Å²) in [5.74, 6) is 1.92. The Kier molecular flexibility index (Phi) is 5.35. The molecule has 2 aliphatic rings. The summed E-state index contributed by atoms with van der Waals surface area (Å²) in [5, 5.41) is 0. The Morgan fingerprint density at radius 3 is 2.45 bits per heavy atom. The first kappa shape index (κ1) is 15.8. The monoisotopic (exact) mass is 301 g/mol. The summed E-state index contributed by atoms with van der Waals surface area (Å²) in [4.78, 5) is 9.92. The van der Waals surface area contributed by atoms with E-state index in [0.717, 1.165) is 5.92 Å². The molecule has 3 heteroatoms. The molecule has 2 aliphatic heterocycles. The molecule has 3 rings (SSSR count). The fourth-order valence-electron chi connectivity index (χ4n) is 3.97. The Labute approximate surface area is 135 Å². The zero-order valence-electron chi connectivity index (χ0n) is 14.3. The minimum Gasteiger partial charge on any atom is -0.357 e. The Bertz CT molecular complexity index is 446. The van der Waals surface area contributed by atoms with Gasteiger partial charge in [0.05, 0.1) is 0 Å². The van der Waals surface area contributed by atoms with Crippen molar-refractivity contribution in [2.75, 3.05) is 31.1 Å². The Balaban J connectivity index is 1.67. The second kappa shape index (κ2) is 7.45. The molecule has 0 aliphatic carbocycles. The van der Waals surface area contributed by atoms with Crippen LogP contribution in [0, 0.1) is 5.92 Å². The summed E-state index contributed by atoms with van der Waals surface area (Å²) in [6.07, 6.45) is 10.1. The first-order valence-electron chi connectivity index (χ1n) is 9.19. The number of hydrogen-bond donors (Lipinski definition) is 0. The predicted molar refractivity (Wildman–Crippen MR) is 93.3 cm³/mol. The second-order valence-electron chi connectivity index (χ2n) is 7.40. The van der Waals surface area contributed by atoms with Crippen LogP contribution in [0.5, 0.6) is 0 Å². The van der Waals surface area contributed by atoms with Crippen molar-refractivity contribution in [2.45, 2.75) is 58.4 Å². The molecule has 122 valence electrons. The zero-order valence-corrected chi connectivity index (χ0v) is 14.3. The lowest BCUT2D eigenvalue weighted by Gasteiger charge is -2.27. The van der Waals surface area contributed by atoms with Crippen molar-refractivity contribution >= 4 is 5.82 Å². The van der Waals surface area contributed by atoms with E-state index in [0.29, 0.717) is 6.04 Å². The summed E-state index contributed by atoms with van der Waals surface area (Å²) in [5.41, 5.74) is 1.41. The molecule has 1 aromatic heterocycles. The number of rotatable bonds is 4. The summed E-state index contributed by atoms with van der Waals surface area (Å²) < 4.78 is 0. The Hall–Kier alpha value is -1.09. The third-order valence-electron chi connectivity index (χ3n) is 5.05. The van der Waals surface area contributed by atoms with Crippen molar-refractivity contribution in [1.82, 2.24) is 9.88 Å². The largest absolute Gasteiger partial charge is 0.357 e. The molecular formula is C19H31N3. The average molecular weight is 301 g/mol. The van der Waals surface area contributed by atoms with Gasteiger partial charge in [0.25, 0.3) is 0 Å². The van der Waals surface area contributed by atoms with Crippen LogP contribution in [-0.4, -0.2) is 36.1 Å². The van der Waals surface area contributed by atoms with Crippen molar-refractivity contribution in [1.29, 1.82) is 0 Å². The Morgan fingerprint density at radius 2 is 1.82 bits per heavy atom. The van der Waals surface area contributed by atoms with Gasteiger partial charge in [-0.3, -0.25) is 4.90 Å². The molecule has 0 bridgehead atoms. The van der Waals surface area contributed by atoms with Gasteiger partial charge in [0.2, 0.25) is 0 Å². The van der Waals surface area contributed by atoms with Crippen LogP contribution in [0.1, 0.15) is 64.0 Å². The number of nitrogens with zero attached hydrogens (tertiary/aromatic N) is 3. The molecular weight excluding hydrogens is 270 g/mol. The van der Waals surface area contributed by atoms with E-state index >= 15 is 0 Å². The summed E-state index contributed by atoms with van der Waals surface area (Å²) in [6.45, 7) is 9.44. The van der Waals surface area contributed by atoms with Crippen LogP contribution in [0.3, 0.4) is 0 Å². The molecule has 0 spiro atoms. The van der Waals surface area contributed by atoms with E-state index in [2.05, 4.69) is 42.0 Å². The first-order chi connectivity index (χ1) is 10.7. The second-order valence-corrected chi connectivity index (χ2v) is 7.40. The quantitative estimate of drug-likeness (QED) is 0.828. The minimum atomic E-state index is 0.591. The molecule has 0 radical (unpaired) electrons. The third kappa shape index (κ3) is 3.81. The van der Waals surface area contributed by atoms with Crippen molar-refractivity contribution in [2.24, 2.45) is 5.92 Å². The van der Waals surface area contributed by atoms with Gasteiger partial charge in [0.15, 0.2) is 0 Å². The lowest BCUT2D eigenvalue weighted by molar-refractivity contribution is 0.228. The Morgan fingerprint density at radius 1 is 1.05 bits per heavy atom. The molecule has 0 aromatic carbocycles. The SMILES string of the molecule is CC(C)CN1CCC[C@@H]1c1ccc(N2CCCCCC2)nc1. The van der Waals surface area contributed by atoms with Crippen LogP contribution in [0.2, 0.25) is 0 Å². The minimum absolute atomic E-state index is 0.591. The van der Waals surface area contributed by atoms with Crippen molar-refractivity contribution < 1.29 is 0 Å². The van der Waals surface area contributed by atoms with Gasteiger partial charge in [-0.05, 0) is 49.8 Å². The van der Waals surface area contributed by atoms with Gasteiger partial charge in [-0.25, -0.2) is 4.98 Å². The normalized spacial score (nSPS) is 24.0. The highest BCUT2D eigenvalue weighted by Crippen LogP contribution is 2.32. The molecule has 1 aromatic rings. The van der Waals surface area contributed by atoms with Crippen LogP contribution >= 0.6 is 0 Å². The first-order valence-corrected chi connectivity index (χ1v) is 9.19. The molecule has 2 saturated heterocycles. The predicted octanol–water partition coefficient (Wildman–Crippen LogP) is 4.25. The maximum Gasteiger partial charge on any atom is 0.128 e. The highest BCUT2D eigenvalue weighted by atomic mass is 15.2. The van der Waals surface area contributed by atoms with Crippen LogP contribution < -0.4 is 4.90 Å². The highest BCUT2D eigenvalue weighted by Gasteiger charge is 2.26. The van der Waals surface area contributed by atoms with Crippen LogP contribution in [0.15, 0.2) is 18.3 Å². The fourth-order valence-corrected chi connectivity index (χ4v) is 3.97. The molecule has 0 amide bonds. The summed E-state index contributed by atoms with van der Waals surface area (Å²) >= 11 is 0. The number of hydrogen-bond acceptors (Lipinski definition) is 3. The number of anilines is 1. The molecule has 1 atom stereocenters. The van der Waals surface area contributed by atoms with E-state index in [1.807, 2.05) is 0 Å². The van der Waals surface area contributed by atoms with Gasteiger partial charge < -0.3 is 4.90 Å². The van der Waals surface area contributed by atoms with E-state index in [1.165, 1.54) is 76.1 Å². The van der Waals surface area contributed by atoms with Crippen LogP contribution in [0.4, 0.5) is 5.82 Å². The van der Waals surface area contributed by atoms with E-state index in [-0.39, 0.29) is 0 Å². The zero-order chi connectivity index (χ0) is 15.4. The third-order valence-corrected chi connectivity index (χ3v) is 5.05. The van der Waals surface area contributed by atoms with Crippen molar-refractivity contribution in [3.05, 3.63) is 23.9 Å².